The Labute approximate surface area is 149 Å². The van der Waals surface area contributed by atoms with Gasteiger partial charge in [0.05, 0.1) is 0 Å². The Kier molecular flexibility index (Phi) is 4.39. The Morgan fingerprint density at radius 3 is 2.88 bits per heavy atom. The van der Waals surface area contributed by atoms with Crippen LogP contribution in [0.2, 0.25) is 0 Å². The van der Waals surface area contributed by atoms with Crippen LogP contribution in [-0.4, -0.2) is 54.9 Å². The van der Waals surface area contributed by atoms with Gasteiger partial charge in [-0.15, -0.1) is 0 Å². The van der Waals surface area contributed by atoms with Crippen LogP contribution >= 0.6 is 0 Å². The molecule has 24 heavy (non-hydrogen) atoms. The first-order chi connectivity index (χ1) is 11.8. The first-order valence-electron chi connectivity index (χ1n) is 8.17. The van der Waals surface area contributed by atoms with E-state index >= 15 is 0 Å². The van der Waals surface area contributed by atoms with E-state index in [4.69, 9.17) is 4.98 Å². The number of aromatic nitrogens is 5. The number of fused-ring (bicyclic) bond motifs is 1. The Balaban J connectivity index is 1.54. The van der Waals surface area contributed by atoms with Crippen LogP contribution in [0.4, 0.5) is 5.82 Å². The minimum atomic E-state index is 0.566. The summed E-state index contributed by atoms with van der Waals surface area (Å²) in [6, 6.07) is 5.98. The number of anilines is 1. The molecule has 6 nitrogen and oxygen atoms in total. The third-order valence-corrected chi connectivity index (χ3v) is 5.32. The zero-order valence-electron chi connectivity index (χ0n) is 13.3. The van der Waals surface area contributed by atoms with E-state index in [0.717, 1.165) is 46.7 Å². The van der Waals surface area contributed by atoms with Crippen molar-refractivity contribution in [2.24, 2.45) is 5.92 Å². The monoisotopic (exact) mass is 382 g/mol. The molecular formula is C17H19AsN6. The third-order valence-electron chi connectivity index (χ3n) is 4.43. The van der Waals surface area contributed by atoms with Crippen LogP contribution in [0.25, 0.3) is 11.0 Å². The van der Waals surface area contributed by atoms with Crippen LogP contribution in [0, 0.1) is 5.92 Å². The van der Waals surface area contributed by atoms with Gasteiger partial charge in [0, 0.05) is 0 Å². The molecule has 4 rings (SSSR count). The quantitative estimate of drug-likeness (QED) is 0.616. The fourth-order valence-electron chi connectivity index (χ4n) is 3.26. The van der Waals surface area contributed by atoms with Gasteiger partial charge in [-0.2, -0.15) is 0 Å². The number of piperidine rings is 1. The fourth-order valence-corrected chi connectivity index (χ4v) is 3.84. The van der Waals surface area contributed by atoms with Gasteiger partial charge in [-0.05, 0) is 0 Å². The molecule has 0 spiro atoms. The summed E-state index contributed by atoms with van der Waals surface area (Å²) in [5.41, 5.74) is 1.84. The second-order valence-corrected chi connectivity index (χ2v) is 7.27. The van der Waals surface area contributed by atoms with Gasteiger partial charge in [0.1, 0.15) is 0 Å². The Morgan fingerprint density at radius 1 is 1.12 bits per heavy atom. The molecule has 7 heteroatoms. The summed E-state index contributed by atoms with van der Waals surface area (Å²) in [7, 11) is 0. The molecule has 0 aromatic carbocycles. The van der Waals surface area contributed by atoms with E-state index in [0.29, 0.717) is 5.92 Å². The molecule has 2 unspecified atom stereocenters. The molecule has 4 heterocycles. The van der Waals surface area contributed by atoms with Crippen molar-refractivity contribution in [2.75, 3.05) is 18.0 Å². The number of nitrogens with zero attached hydrogens (tertiary/aromatic N) is 6. The molecule has 122 valence electrons. The summed E-state index contributed by atoms with van der Waals surface area (Å²) in [4.78, 5) is 24.5. The molecule has 1 saturated heterocycles. The predicted octanol–water partition coefficient (Wildman–Crippen LogP) is 0.532. The zero-order valence-corrected chi connectivity index (χ0v) is 15.8. The fraction of sp³-hybridized carbons (Fsp3) is 0.353. The van der Waals surface area contributed by atoms with Crippen LogP contribution < -0.4 is 9.38 Å². The number of rotatable bonds is 3. The van der Waals surface area contributed by atoms with Crippen molar-refractivity contribution in [2.45, 2.75) is 19.3 Å². The average molecular weight is 382 g/mol. The Morgan fingerprint density at radius 2 is 2.00 bits per heavy atom. The van der Waals surface area contributed by atoms with Gasteiger partial charge in [-0.25, -0.2) is 0 Å². The predicted molar refractivity (Wildman–Crippen MR) is 96.2 cm³/mol. The SMILES string of the molecule is [AsH2]c1ncnc2ccc(N3CCCC(Cc4ncccn4)C3)nc12. The van der Waals surface area contributed by atoms with Gasteiger partial charge in [0.15, 0.2) is 0 Å². The van der Waals surface area contributed by atoms with E-state index in [1.807, 2.05) is 24.5 Å². The van der Waals surface area contributed by atoms with Gasteiger partial charge in [0.2, 0.25) is 0 Å². The summed E-state index contributed by atoms with van der Waals surface area (Å²) in [6.45, 7) is 2.04. The summed E-state index contributed by atoms with van der Waals surface area (Å²) in [6.07, 6.45) is 8.56. The van der Waals surface area contributed by atoms with Crippen LogP contribution in [0.15, 0.2) is 36.9 Å². The standard InChI is InChI=1S/C17H19AsN6/c18-17-16-13(21-11-22-17)4-5-15(23-16)24-8-1-3-12(10-24)9-14-19-6-2-7-20-14/h2,4-7,11-12H,1,3,8-10,18H2. The van der Waals surface area contributed by atoms with E-state index in [1.165, 1.54) is 29.7 Å². The molecule has 0 saturated carbocycles. The maximum atomic E-state index is 4.83. The summed E-state index contributed by atoms with van der Waals surface area (Å²) < 4.78 is 0.987. The Hall–Kier alpha value is -2.07. The maximum absolute atomic E-state index is 4.83. The molecule has 1 fully saturated rings. The van der Waals surface area contributed by atoms with Crippen molar-refractivity contribution < 1.29 is 0 Å². The van der Waals surface area contributed by atoms with E-state index in [2.05, 4.69) is 30.9 Å². The van der Waals surface area contributed by atoms with Crippen molar-refractivity contribution in [1.29, 1.82) is 0 Å². The normalized spacial score (nSPS) is 18.0. The Bertz CT molecular complexity index is 841. The molecule has 0 amide bonds. The summed E-state index contributed by atoms with van der Waals surface area (Å²) >= 11 is 1.48. The van der Waals surface area contributed by atoms with Crippen molar-refractivity contribution >= 4 is 38.2 Å². The van der Waals surface area contributed by atoms with Gasteiger partial charge in [-0.1, -0.05) is 0 Å². The van der Waals surface area contributed by atoms with Gasteiger partial charge in [-0.3, -0.25) is 0 Å². The van der Waals surface area contributed by atoms with Gasteiger partial charge in [0.25, 0.3) is 0 Å². The molecule has 3 aromatic rings. The summed E-state index contributed by atoms with van der Waals surface area (Å²) in [5, 5.41) is 0. The van der Waals surface area contributed by atoms with E-state index in [9.17, 15) is 0 Å². The van der Waals surface area contributed by atoms with Crippen LogP contribution in [-0.2, 0) is 6.42 Å². The molecule has 1 aliphatic heterocycles. The average Bonchev–Trinajstić information content (AvgIpc) is 2.63. The molecule has 0 bridgehead atoms. The first-order valence-corrected chi connectivity index (χ1v) is 9.39. The van der Waals surface area contributed by atoms with Crippen molar-refractivity contribution in [1.82, 2.24) is 24.9 Å². The van der Waals surface area contributed by atoms with E-state index in [1.54, 1.807) is 6.33 Å². The van der Waals surface area contributed by atoms with E-state index in [-0.39, 0.29) is 0 Å². The van der Waals surface area contributed by atoms with Crippen molar-refractivity contribution in [3.8, 4) is 0 Å². The molecule has 1 aliphatic rings. The van der Waals surface area contributed by atoms with E-state index < -0.39 is 0 Å². The number of hydrogen-bond acceptors (Lipinski definition) is 6. The number of hydrogen-bond donors (Lipinski definition) is 0. The third kappa shape index (κ3) is 3.24. The minimum absolute atomic E-state index is 0.566. The topological polar surface area (TPSA) is 67.7 Å². The van der Waals surface area contributed by atoms with Crippen molar-refractivity contribution in [3.63, 3.8) is 0 Å². The van der Waals surface area contributed by atoms with Gasteiger partial charge < -0.3 is 0 Å². The molecule has 2 atom stereocenters. The van der Waals surface area contributed by atoms with Crippen LogP contribution in [0.1, 0.15) is 18.7 Å². The number of pyridine rings is 1. The molecule has 0 N–H and O–H groups in total. The molecule has 0 aliphatic carbocycles. The summed E-state index contributed by atoms with van der Waals surface area (Å²) in [5.74, 6) is 2.52. The van der Waals surface area contributed by atoms with Crippen molar-refractivity contribution in [3.05, 3.63) is 42.7 Å². The van der Waals surface area contributed by atoms with Crippen LogP contribution in [0.5, 0.6) is 0 Å². The molecular weight excluding hydrogens is 363 g/mol. The molecule has 3 aromatic heterocycles. The first kappa shape index (κ1) is 15.5. The second-order valence-electron chi connectivity index (χ2n) is 6.12. The second kappa shape index (κ2) is 6.81. The zero-order chi connectivity index (χ0) is 16.4. The van der Waals surface area contributed by atoms with Gasteiger partial charge >= 0.3 is 149 Å². The van der Waals surface area contributed by atoms with Crippen LogP contribution in [0.3, 0.4) is 0 Å². The molecule has 0 radical (unpaired) electrons.